The van der Waals surface area contributed by atoms with E-state index in [1.807, 2.05) is 6.92 Å². The third-order valence-corrected chi connectivity index (χ3v) is 2.83. The van der Waals surface area contributed by atoms with Gasteiger partial charge in [0.2, 0.25) is 0 Å². The summed E-state index contributed by atoms with van der Waals surface area (Å²) in [5, 5.41) is 3.52. The van der Waals surface area contributed by atoms with Gasteiger partial charge >= 0.3 is 0 Å². The summed E-state index contributed by atoms with van der Waals surface area (Å²) in [5.41, 5.74) is -0.222. The lowest BCUT2D eigenvalue weighted by Gasteiger charge is -2.35. The number of nitrogens with one attached hydrogen (secondary N) is 1. The summed E-state index contributed by atoms with van der Waals surface area (Å²) in [7, 11) is 0. The molecule has 0 aliphatic carbocycles. The van der Waals surface area contributed by atoms with Gasteiger partial charge in [-0.05, 0) is 39.8 Å². The van der Waals surface area contributed by atoms with E-state index in [9.17, 15) is 0 Å². The molecule has 1 aliphatic rings. The van der Waals surface area contributed by atoms with Gasteiger partial charge < -0.3 is 14.8 Å². The molecule has 0 aromatic carbocycles. The van der Waals surface area contributed by atoms with E-state index in [2.05, 4.69) is 32.2 Å². The van der Waals surface area contributed by atoms with E-state index in [0.29, 0.717) is 0 Å². The molecule has 0 aromatic heterocycles. The molecule has 0 amide bonds. The molecule has 0 saturated heterocycles. The summed E-state index contributed by atoms with van der Waals surface area (Å²) in [5.74, 6) is 1.05. The van der Waals surface area contributed by atoms with Gasteiger partial charge in [-0.15, -0.1) is 0 Å². The molecule has 0 saturated carbocycles. The molecule has 1 rings (SSSR count). The maximum atomic E-state index is 5.82. The lowest BCUT2D eigenvalue weighted by molar-refractivity contribution is -0.0402. The fourth-order valence-electron chi connectivity index (χ4n) is 2.07. The molecule has 3 nitrogen and oxygen atoms in total. The van der Waals surface area contributed by atoms with Crippen molar-refractivity contribution in [3.05, 3.63) is 11.8 Å². The third-order valence-electron chi connectivity index (χ3n) is 2.83. The largest absolute Gasteiger partial charge is 0.496 e. The molecule has 1 N–H and O–H groups in total. The molecule has 16 heavy (non-hydrogen) atoms. The number of hydrogen-bond acceptors (Lipinski definition) is 3. The Morgan fingerprint density at radius 1 is 1.50 bits per heavy atom. The summed E-state index contributed by atoms with van der Waals surface area (Å²) >= 11 is 0. The van der Waals surface area contributed by atoms with E-state index in [1.165, 1.54) is 0 Å². The van der Waals surface area contributed by atoms with E-state index in [4.69, 9.17) is 9.47 Å². The SMILES string of the molecule is CCCNC(C1=CCCO1)C(C)(C)OCC. The second-order valence-corrected chi connectivity index (χ2v) is 4.67. The molecule has 0 fully saturated rings. The predicted molar refractivity (Wildman–Crippen MR) is 66.4 cm³/mol. The number of ether oxygens (including phenoxy) is 2. The first-order valence-electron chi connectivity index (χ1n) is 6.32. The predicted octanol–water partition coefficient (Wildman–Crippen LogP) is 2.47. The Morgan fingerprint density at radius 2 is 2.25 bits per heavy atom. The van der Waals surface area contributed by atoms with Crippen LogP contribution in [-0.2, 0) is 9.47 Å². The normalized spacial score (nSPS) is 18.1. The van der Waals surface area contributed by atoms with E-state index in [0.717, 1.165) is 38.4 Å². The maximum absolute atomic E-state index is 5.82. The summed E-state index contributed by atoms with van der Waals surface area (Å²) in [6.45, 7) is 11.0. The van der Waals surface area contributed by atoms with Crippen LogP contribution >= 0.6 is 0 Å². The van der Waals surface area contributed by atoms with Crippen LogP contribution in [0, 0.1) is 0 Å². The Balaban J connectivity index is 2.69. The van der Waals surface area contributed by atoms with Crippen LogP contribution in [0.15, 0.2) is 11.8 Å². The molecular formula is C13H25NO2. The highest BCUT2D eigenvalue weighted by molar-refractivity contribution is 5.13. The number of rotatable bonds is 7. The maximum Gasteiger partial charge on any atom is 0.112 e. The Labute approximate surface area is 99.2 Å². The van der Waals surface area contributed by atoms with Crippen LogP contribution in [-0.4, -0.2) is 31.4 Å². The van der Waals surface area contributed by atoms with Gasteiger partial charge in [0, 0.05) is 13.0 Å². The molecule has 0 aromatic rings. The standard InChI is InChI=1S/C13H25NO2/c1-5-9-14-12(11-8-7-10-15-11)13(3,4)16-6-2/h8,12,14H,5-7,9-10H2,1-4H3. The molecule has 1 unspecified atom stereocenters. The van der Waals surface area contributed by atoms with Crippen LogP contribution in [0.2, 0.25) is 0 Å². The first-order valence-corrected chi connectivity index (χ1v) is 6.32. The molecule has 0 radical (unpaired) electrons. The van der Waals surface area contributed by atoms with Gasteiger partial charge in [0.05, 0.1) is 18.2 Å². The van der Waals surface area contributed by atoms with E-state index in [1.54, 1.807) is 0 Å². The topological polar surface area (TPSA) is 30.5 Å². The van der Waals surface area contributed by atoms with Crippen molar-refractivity contribution >= 4 is 0 Å². The Hall–Kier alpha value is -0.540. The Bertz CT molecular complexity index is 236. The average molecular weight is 227 g/mol. The molecule has 94 valence electrons. The second kappa shape index (κ2) is 6.26. The lowest BCUT2D eigenvalue weighted by atomic mass is 9.96. The molecule has 0 bridgehead atoms. The molecular weight excluding hydrogens is 202 g/mol. The highest BCUT2D eigenvalue weighted by atomic mass is 16.5. The van der Waals surface area contributed by atoms with Crippen molar-refractivity contribution in [2.75, 3.05) is 19.8 Å². The summed E-state index contributed by atoms with van der Waals surface area (Å²) < 4.78 is 11.5. The minimum atomic E-state index is -0.222. The Kier molecular flexibility index (Phi) is 5.29. The van der Waals surface area contributed by atoms with Crippen LogP contribution < -0.4 is 5.32 Å². The summed E-state index contributed by atoms with van der Waals surface area (Å²) in [6.07, 6.45) is 4.31. The highest BCUT2D eigenvalue weighted by Gasteiger charge is 2.34. The number of hydrogen-bond donors (Lipinski definition) is 1. The Morgan fingerprint density at radius 3 is 2.75 bits per heavy atom. The molecule has 1 aliphatic heterocycles. The molecule has 1 atom stereocenters. The quantitative estimate of drug-likeness (QED) is 0.725. The zero-order chi connectivity index (χ0) is 12.0. The van der Waals surface area contributed by atoms with E-state index >= 15 is 0 Å². The van der Waals surface area contributed by atoms with Crippen LogP contribution in [0.4, 0.5) is 0 Å². The summed E-state index contributed by atoms with van der Waals surface area (Å²) in [6, 6.07) is 0.162. The first-order chi connectivity index (χ1) is 7.61. The van der Waals surface area contributed by atoms with Gasteiger partial charge in [0.1, 0.15) is 5.76 Å². The van der Waals surface area contributed by atoms with Crippen LogP contribution in [0.3, 0.4) is 0 Å². The van der Waals surface area contributed by atoms with Gasteiger partial charge in [0.25, 0.3) is 0 Å². The fraction of sp³-hybridized carbons (Fsp3) is 0.846. The lowest BCUT2D eigenvalue weighted by Crippen LogP contribution is -2.50. The zero-order valence-corrected chi connectivity index (χ0v) is 11.0. The molecule has 3 heteroatoms. The minimum absolute atomic E-state index is 0.162. The van der Waals surface area contributed by atoms with Crippen molar-refractivity contribution in [2.24, 2.45) is 0 Å². The van der Waals surface area contributed by atoms with Crippen LogP contribution in [0.25, 0.3) is 0 Å². The monoisotopic (exact) mass is 227 g/mol. The van der Waals surface area contributed by atoms with Gasteiger partial charge in [-0.25, -0.2) is 0 Å². The van der Waals surface area contributed by atoms with Crippen molar-refractivity contribution in [1.82, 2.24) is 5.32 Å². The van der Waals surface area contributed by atoms with Crippen molar-refractivity contribution in [3.63, 3.8) is 0 Å². The zero-order valence-electron chi connectivity index (χ0n) is 11.0. The van der Waals surface area contributed by atoms with Crippen LogP contribution in [0.5, 0.6) is 0 Å². The van der Waals surface area contributed by atoms with E-state index < -0.39 is 0 Å². The van der Waals surface area contributed by atoms with Gasteiger partial charge in [0.15, 0.2) is 0 Å². The highest BCUT2D eigenvalue weighted by Crippen LogP contribution is 2.25. The molecule has 0 spiro atoms. The first kappa shape index (κ1) is 13.5. The molecule has 1 heterocycles. The second-order valence-electron chi connectivity index (χ2n) is 4.67. The van der Waals surface area contributed by atoms with Crippen molar-refractivity contribution in [3.8, 4) is 0 Å². The summed E-state index contributed by atoms with van der Waals surface area (Å²) in [4.78, 5) is 0. The van der Waals surface area contributed by atoms with Crippen molar-refractivity contribution in [2.45, 2.75) is 52.2 Å². The van der Waals surface area contributed by atoms with Crippen molar-refractivity contribution < 1.29 is 9.47 Å². The van der Waals surface area contributed by atoms with Gasteiger partial charge in [-0.3, -0.25) is 0 Å². The van der Waals surface area contributed by atoms with Crippen LogP contribution in [0.1, 0.15) is 40.5 Å². The van der Waals surface area contributed by atoms with E-state index in [-0.39, 0.29) is 11.6 Å². The van der Waals surface area contributed by atoms with Gasteiger partial charge in [-0.1, -0.05) is 6.92 Å². The van der Waals surface area contributed by atoms with Crippen molar-refractivity contribution in [1.29, 1.82) is 0 Å². The average Bonchev–Trinajstić information content (AvgIpc) is 2.71. The fourth-order valence-corrected chi connectivity index (χ4v) is 2.07. The van der Waals surface area contributed by atoms with Gasteiger partial charge in [-0.2, -0.15) is 0 Å². The minimum Gasteiger partial charge on any atom is -0.496 e. The smallest absolute Gasteiger partial charge is 0.112 e. The third kappa shape index (κ3) is 3.49.